The fraction of sp³-hybridized carbons (Fsp3) is 0.367. The highest BCUT2D eigenvalue weighted by atomic mass is 19.1. The number of aromatic hydroxyl groups is 1. The smallest absolute Gasteiger partial charge is 0.271 e. The fourth-order valence-electron chi connectivity index (χ4n) is 6.00. The number of halogens is 1. The summed E-state index contributed by atoms with van der Waals surface area (Å²) >= 11 is 0. The first-order valence-electron chi connectivity index (χ1n) is 13.2. The Hall–Kier alpha value is -4.36. The lowest BCUT2D eigenvalue weighted by Gasteiger charge is -2.45. The zero-order valence-electron chi connectivity index (χ0n) is 23.0. The van der Waals surface area contributed by atoms with Gasteiger partial charge in [0.05, 0.1) is 22.8 Å². The third-order valence-corrected chi connectivity index (χ3v) is 7.76. The van der Waals surface area contributed by atoms with E-state index in [0.717, 1.165) is 0 Å². The number of amides is 1. The predicted octanol–water partition coefficient (Wildman–Crippen LogP) is 3.49. The average Bonchev–Trinajstić information content (AvgIpc) is 2.91. The van der Waals surface area contributed by atoms with Crippen LogP contribution < -0.4 is 15.2 Å². The summed E-state index contributed by atoms with van der Waals surface area (Å²) in [7, 11) is 3.77. The van der Waals surface area contributed by atoms with E-state index in [-0.39, 0.29) is 47.2 Å². The molecule has 1 fully saturated rings. The van der Waals surface area contributed by atoms with Crippen LogP contribution in [0, 0.1) is 17.1 Å². The predicted molar refractivity (Wildman–Crippen MR) is 151 cm³/mol. The molecule has 2 aromatic carbocycles. The monoisotopic (exact) mass is 545 g/mol. The van der Waals surface area contributed by atoms with Gasteiger partial charge in [-0.15, -0.1) is 0 Å². The maximum absolute atomic E-state index is 15.0. The molecule has 0 spiro atoms. The van der Waals surface area contributed by atoms with Crippen molar-refractivity contribution in [3.63, 3.8) is 0 Å². The first kappa shape index (κ1) is 27.2. The Bertz CT molecular complexity index is 1610. The second-order valence-electron chi connectivity index (χ2n) is 10.8. The molecule has 208 valence electrons. The van der Waals surface area contributed by atoms with E-state index in [2.05, 4.69) is 12.6 Å². The van der Waals surface area contributed by atoms with E-state index in [1.165, 1.54) is 24.3 Å². The Kier molecular flexibility index (Phi) is 7.02. The average molecular weight is 546 g/mol. The molecule has 2 aliphatic rings. The highest BCUT2D eigenvalue weighted by Crippen LogP contribution is 2.46. The summed E-state index contributed by atoms with van der Waals surface area (Å²) in [5.41, 5.74) is 0.756. The molecule has 1 N–H and O–H groups in total. The first-order valence-corrected chi connectivity index (χ1v) is 13.2. The number of hydrogen-bond acceptors (Lipinski definition) is 7. The lowest BCUT2D eigenvalue weighted by molar-refractivity contribution is -0.128. The molecule has 1 aromatic heterocycles. The van der Waals surface area contributed by atoms with Crippen molar-refractivity contribution >= 4 is 22.5 Å². The normalized spacial score (nSPS) is 20.4. The van der Waals surface area contributed by atoms with Crippen molar-refractivity contribution in [3.05, 3.63) is 64.7 Å². The Balaban J connectivity index is 1.82. The van der Waals surface area contributed by atoms with Crippen molar-refractivity contribution < 1.29 is 19.0 Å². The molecule has 0 aliphatic carbocycles. The zero-order chi connectivity index (χ0) is 28.9. The van der Waals surface area contributed by atoms with Crippen molar-refractivity contribution in [1.29, 1.82) is 5.26 Å². The maximum atomic E-state index is 15.0. The Morgan fingerprint density at radius 1 is 1.25 bits per heavy atom. The molecule has 0 bridgehead atoms. The van der Waals surface area contributed by atoms with Crippen LogP contribution in [0.4, 0.5) is 10.1 Å². The molecular weight excluding hydrogens is 513 g/mol. The number of rotatable bonds is 5. The molecular formula is C30H32FN5O4. The molecule has 3 heterocycles. The van der Waals surface area contributed by atoms with Crippen LogP contribution in [-0.4, -0.2) is 77.8 Å². The highest BCUT2D eigenvalue weighted by molar-refractivity contribution is 6.03. The molecule has 0 unspecified atom stereocenters. The van der Waals surface area contributed by atoms with Crippen LogP contribution in [-0.2, 0) is 4.79 Å². The van der Waals surface area contributed by atoms with E-state index in [0.29, 0.717) is 41.8 Å². The number of piperazine rings is 1. The van der Waals surface area contributed by atoms with Gasteiger partial charge in [0.2, 0.25) is 5.91 Å². The van der Waals surface area contributed by atoms with Crippen molar-refractivity contribution in [2.45, 2.75) is 32.0 Å². The minimum absolute atomic E-state index is 0.00754. The van der Waals surface area contributed by atoms with Gasteiger partial charge in [-0.1, -0.05) is 12.6 Å². The van der Waals surface area contributed by atoms with Gasteiger partial charge in [-0.25, -0.2) is 4.39 Å². The van der Waals surface area contributed by atoms with Crippen molar-refractivity contribution in [2.75, 3.05) is 45.2 Å². The van der Waals surface area contributed by atoms with E-state index < -0.39 is 17.4 Å². The second-order valence-corrected chi connectivity index (χ2v) is 10.8. The van der Waals surface area contributed by atoms with Crippen LogP contribution in [0.1, 0.15) is 25.5 Å². The van der Waals surface area contributed by atoms with Gasteiger partial charge in [-0.2, -0.15) is 5.26 Å². The summed E-state index contributed by atoms with van der Waals surface area (Å²) in [6, 6.07) is 8.84. The van der Waals surface area contributed by atoms with Gasteiger partial charge >= 0.3 is 0 Å². The van der Waals surface area contributed by atoms with Gasteiger partial charge in [0.1, 0.15) is 29.8 Å². The van der Waals surface area contributed by atoms with Crippen molar-refractivity contribution in [3.8, 4) is 28.7 Å². The van der Waals surface area contributed by atoms with Crippen molar-refractivity contribution in [2.24, 2.45) is 0 Å². The lowest BCUT2D eigenvalue weighted by Crippen LogP contribution is -2.58. The van der Waals surface area contributed by atoms with E-state index in [9.17, 15) is 20.0 Å². The number of hydrogen-bond donors (Lipinski definition) is 1. The summed E-state index contributed by atoms with van der Waals surface area (Å²) in [6.45, 7) is 8.85. The molecule has 1 saturated heterocycles. The van der Waals surface area contributed by atoms with Crippen LogP contribution in [0.3, 0.4) is 0 Å². The summed E-state index contributed by atoms with van der Waals surface area (Å²) < 4.78 is 22.9. The highest BCUT2D eigenvalue weighted by Gasteiger charge is 2.37. The van der Waals surface area contributed by atoms with Crippen LogP contribution in [0.2, 0.25) is 0 Å². The summed E-state index contributed by atoms with van der Waals surface area (Å²) in [4.78, 5) is 32.2. The molecule has 9 nitrogen and oxygen atoms in total. The fourth-order valence-corrected chi connectivity index (χ4v) is 6.00. The first-order chi connectivity index (χ1) is 19.1. The number of phenolic OH excluding ortho intramolecular Hbond substituents is 1. The number of carbonyl (C=O) groups is 1. The quantitative estimate of drug-likeness (QED) is 0.490. The van der Waals surface area contributed by atoms with E-state index in [1.54, 1.807) is 21.6 Å². The molecule has 0 saturated carbocycles. The Morgan fingerprint density at radius 3 is 2.65 bits per heavy atom. The molecule has 2 aliphatic heterocycles. The number of nitrogens with zero attached hydrogens (tertiary/aromatic N) is 5. The third kappa shape index (κ3) is 4.27. The number of anilines is 1. The molecule has 10 heteroatoms. The van der Waals surface area contributed by atoms with Crippen LogP contribution in [0.15, 0.2) is 47.8 Å². The molecule has 5 rings (SSSR count). The number of carbonyl (C=O) groups excluding carboxylic acids is 1. The maximum Gasteiger partial charge on any atom is 0.271 e. The third-order valence-electron chi connectivity index (χ3n) is 7.76. The number of ether oxygens (including phenoxy) is 1. The van der Waals surface area contributed by atoms with E-state index in [1.807, 2.05) is 37.7 Å². The van der Waals surface area contributed by atoms with Gasteiger partial charge in [0.15, 0.2) is 5.75 Å². The number of pyridine rings is 1. The topological polar surface area (TPSA) is 102 Å². The van der Waals surface area contributed by atoms with Gasteiger partial charge in [-0.3, -0.25) is 14.2 Å². The molecule has 0 radical (unpaired) electrons. The molecule has 3 atom stereocenters. The molecule has 40 heavy (non-hydrogen) atoms. The molecule has 3 aromatic rings. The summed E-state index contributed by atoms with van der Waals surface area (Å²) in [5, 5.41) is 21.5. The number of benzene rings is 2. The summed E-state index contributed by atoms with van der Waals surface area (Å²) in [5.74, 6) is -0.770. The van der Waals surface area contributed by atoms with Crippen LogP contribution in [0.25, 0.3) is 22.0 Å². The number of likely N-dealkylation sites (N-methyl/N-ethyl adjacent to an activating group) is 1. The van der Waals surface area contributed by atoms with Gasteiger partial charge in [0.25, 0.3) is 5.56 Å². The van der Waals surface area contributed by atoms with Crippen LogP contribution in [0.5, 0.6) is 11.5 Å². The van der Waals surface area contributed by atoms with Gasteiger partial charge in [-0.05, 0) is 58.3 Å². The van der Waals surface area contributed by atoms with Crippen LogP contribution >= 0.6 is 0 Å². The van der Waals surface area contributed by atoms with Gasteiger partial charge in [0, 0.05) is 42.7 Å². The van der Waals surface area contributed by atoms with E-state index >= 15 is 4.39 Å². The molecule has 1 amide bonds. The standard InChI is InChI=1S/C30H32FN5O4/c1-6-25(38)34-13-18(3)35(14-17(34)2)27-21-11-10-20(26-23(31)8-7-9-24(26)37)29-28(21)36(30(39)22(27)12-32)19(16-40-29)15-33(4)5/h6-11,17-19,37H,1,13-16H2,2-5H3/t17-,18+,19-/m1/s1. The Labute approximate surface area is 231 Å². The minimum Gasteiger partial charge on any atom is -0.507 e. The second kappa shape index (κ2) is 10.3. The minimum atomic E-state index is -0.622. The number of nitriles is 1. The SMILES string of the molecule is C=CC(=O)N1C[C@H](C)N(c2c(C#N)c(=O)n3c4c(c(-c5c(O)cccc5F)ccc24)OC[C@H]3CN(C)C)C[C@H]1C. The zero-order valence-corrected chi connectivity index (χ0v) is 23.0. The number of aromatic nitrogens is 1. The lowest BCUT2D eigenvalue weighted by atomic mass is 9.95. The summed E-state index contributed by atoms with van der Waals surface area (Å²) in [6.07, 6.45) is 1.29. The van der Waals surface area contributed by atoms with Crippen molar-refractivity contribution in [1.82, 2.24) is 14.4 Å². The van der Waals surface area contributed by atoms with E-state index in [4.69, 9.17) is 4.74 Å². The Morgan fingerprint density at radius 2 is 2.00 bits per heavy atom. The number of phenols is 1. The largest absolute Gasteiger partial charge is 0.507 e. The van der Waals surface area contributed by atoms with Gasteiger partial charge < -0.3 is 24.5 Å².